The van der Waals surface area contributed by atoms with Crippen molar-refractivity contribution in [3.63, 3.8) is 0 Å². The Hall–Kier alpha value is -1.80. The monoisotopic (exact) mass is 389 g/mol. The van der Waals surface area contributed by atoms with Gasteiger partial charge in [-0.2, -0.15) is 0 Å². The summed E-state index contributed by atoms with van der Waals surface area (Å²) in [6, 6.07) is 0.554. The predicted octanol–water partition coefficient (Wildman–Crippen LogP) is 3.94. The molecule has 1 saturated heterocycles. The molecule has 1 amide bonds. The van der Waals surface area contributed by atoms with E-state index in [4.69, 9.17) is 14.6 Å². The second kappa shape index (κ2) is 8.93. The Balaban J connectivity index is 2.35. The third kappa shape index (κ3) is 5.59. The van der Waals surface area contributed by atoms with Crippen molar-refractivity contribution in [2.45, 2.75) is 57.7 Å². The summed E-state index contributed by atoms with van der Waals surface area (Å²) in [6.07, 6.45) is 1.10. The van der Waals surface area contributed by atoms with Crippen molar-refractivity contribution in [2.75, 3.05) is 19.8 Å². The van der Waals surface area contributed by atoms with Crippen molar-refractivity contribution in [1.82, 2.24) is 4.90 Å². The molecule has 0 aliphatic carbocycles. The maximum Gasteiger partial charge on any atom is 0.411 e. The molecule has 0 aromatic heterocycles. The second-order valence-corrected chi connectivity index (χ2v) is 7.61. The lowest BCUT2D eigenvalue weighted by Gasteiger charge is -2.42. The van der Waals surface area contributed by atoms with E-state index in [1.165, 1.54) is 4.90 Å². The van der Waals surface area contributed by atoms with Crippen LogP contribution in [-0.4, -0.2) is 47.6 Å². The van der Waals surface area contributed by atoms with Gasteiger partial charge in [-0.1, -0.05) is 0 Å². The first kappa shape index (κ1) is 21.5. The van der Waals surface area contributed by atoms with E-state index < -0.39 is 35.2 Å². The van der Waals surface area contributed by atoms with Gasteiger partial charge in [0, 0.05) is 6.61 Å². The predicted molar refractivity (Wildman–Crippen MR) is 92.7 cm³/mol. The number of benzene rings is 1. The number of ether oxygens (including phenoxy) is 2. The molecule has 0 bridgehead atoms. The molecule has 1 aromatic carbocycles. The molecule has 2 atom stereocenters. The average molecular weight is 389 g/mol. The summed E-state index contributed by atoms with van der Waals surface area (Å²) in [5.74, 6) is -4.20. The molecule has 0 saturated carbocycles. The Morgan fingerprint density at radius 3 is 2.41 bits per heavy atom. The number of halogens is 3. The zero-order valence-electron chi connectivity index (χ0n) is 15.8. The molecule has 1 aliphatic heterocycles. The number of hydrogen-bond donors (Lipinski definition) is 1. The number of hydrogen-bond acceptors (Lipinski definition) is 4. The number of rotatable bonds is 5. The van der Waals surface area contributed by atoms with Crippen LogP contribution in [0.3, 0.4) is 0 Å². The van der Waals surface area contributed by atoms with Gasteiger partial charge < -0.3 is 14.6 Å². The number of carbonyl (C=O) groups is 1. The van der Waals surface area contributed by atoms with E-state index in [1.807, 2.05) is 0 Å². The first-order chi connectivity index (χ1) is 12.6. The highest BCUT2D eigenvalue weighted by atomic mass is 19.2. The van der Waals surface area contributed by atoms with Crippen LogP contribution in [0.15, 0.2) is 12.1 Å². The Morgan fingerprint density at radius 2 is 1.85 bits per heavy atom. The highest BCUT2D eigenvalue weighted by molar-refractivity contribution is 5.69. The van der Waals surface area contributed by atoms with Gasteiger partial charge in [0.2, 0.25) is 0 Å². The Morgan fingerprint density at radius 1 is 1.22 bits per heavy atom. The van der Waals surface area contributed by atoms with E-state index in [0.717, 1.165) is 12.1 Å². The molecule has 27 heavy (non-hydrogen) atoms. The minimum absolute atomic E-state index is 0.0141. The molecule has 0 spiro atoms. The molecule has 152 valence electrons. The van der Waals surface area contributed by atoms with Gasteiger partial charge >= 0.3 is 6.09 Å². The highest BCUT2D eigenvalue weighted by Gasteiger charge is 2.38. The molecule has 5 nitrogen and oxygen atoms in total. The van der Waals surface area contributed by atoms with Gasteiger partial charge in [0.15, 0.2) is 17.5 Å². The molecule has 0 unspecified atom stereocenters. The van der Waals surface area contributed by atoms with Crippen molar-refractivity contribution in [3.8, 4) is 0 Å². The van der Waals surface area contributed by atoms with Crippen molar-refractivity contribution in [1.29, 1.82) is 0 Å². The first-order valence-corrected chi connectivity index (χ1v) is 8.98. The number of aliphatic hydroxyl groups is 1. The minimum atomic E-state index is -1.56. The standard InChI is InChI=1S/C19H26F3NO4/c1-19(2,3)27-18(25)23-13(6-4-5-7-24)10-26-11-16(23)12-8-14(20)17(22)15(21)9-12/h8-9,13,16,24H,4-7,10-11H2,1-3H3/t13-,16-/m1/s1. The largest absolute Gasteiger partial charge is 0.444 e. The summed E-state index contributed by atoms with van der Waals surface area (Å²) >= 11 is 0. The van der Waals surface area contributed by atoms with Gasteiger partial charge in [-0.25, -0.2) is 18.0 Å². The third-order valence-corrected chi connectivity index (χ3v) is 4.26. The number of nitrogens with zero attached hydrogens (tertiary/aromatic N) is 1. The molecule has 1 aliphatic rings. The maximum atomic E-state index is 13.7. The third-order valence-electron chi connectivity index (χ3n) is 4.26. The van der Waals surface area contributed by atoms with Crippen LogP contribution in [0.25, 0.3) is 0 Å². The molecule has 1 aromatic rings. The van der Waals surface area contributed by atoms with Crippen molar-refractivity contribution >= 4 is 6.09 Å². The fourth-order valence-corrected chi connectivity index (χ4v) is 3.06. The fraction of sp³-hybridized carbons (Fsp3) is 0.632. The Labute approximate surface area is 157 Å². The first-order valence-electron chi connectivity index (χ1n) is 8.98. The fourth-order valence-electron chi connectivity index (χ4n) is 3.06. The molecule has 2 rings (SSSR count). The van der Waals surface area contributed by atoms with Crippen LogP contribution in [0.5, 0.6) is 0 Å². The van der Waals surface area contributed by atoms with E-state index in [2.05, 4.69) is 0 Å². The molecule has 1 N–H and O–H groups in total. The molecule has 8 heteroatoms. The Bertz CT molecular complexity index is 640. The SMILES string of the molecule is CC(C)(C)OC(=O)N1[C@H](CCCCO)COC[C@@H]1c1cc(F)c(F)c(F)c1. The topological polar surface area (TPSA) is 59.0 Å². The Kier molecular flexibility index (Phi) is 7.11. The lowest BCUT2D eigenvalue weighted by molar-refractivity contribution is -0.0644. The number of unbranched alkanes of at least 4 members (excludes halogenated alkanes) is 1. The summed E-state index contributed by atoms with van der Waals surface area (Å²) in [5, 5.41) is 8.99. The van der Waals surface area contributed by atoms with E-state index in [0.29, 0.717) is 19.3 Å². The lowest BCUT2D eigenvalue weighted by Crippen LogP contribution is -2.52. The van der Waals surface area contributed by atoms with E-state index in [-0.39, 0.29) is 31.4 Å². The quantitative estimate of drug-likeness (QED) is 0.612. The zero-order chi connectivity index (χ0) is 20.2. The van der Waals surface area contributed by atoms with Crippen molar-refractivity contribution in [3.05, 3.63) is 35.1 Å². The molecule has 1 fully saturated rings. The molecule has 1 heterocycles. The van der Waals surface area contributed by atoms with Gasteiger partial charge in [-0.15, -0.1) is 0 Å². The van der Waals surface area contributed by atoms with Crippen LogP contribution < -0.4 is 0 Å². The number of amides is 1. The second-order valence-electron chi connectivity index (χ2n) is 7.61. The summed E-state index contributed by atoms with van der Waals surface area (Å²) in [5.41, 5.74) is -0.654. The van der Waals surface area contributed by atoms with Crippen molar-refractivity contribution < 1.29 is 32.5 Å². The van der Waals surface area contributed by atoms with Gasteiger partial charge in [-0.05, 0) is 57.7 Å². The van der Waals surface area contributed by atoms with Gasteiger partial charge in [0.05, 0.1) is 25.3 Å². The minimum Gasteiger partial charge on any atom is -0.444 e. The maximum absolute atomic E-state index is 13.7. The van der Waals surface area contributed by atoms with Gasteiger partial charge in [0.25, 0.3) is 0 Å². The molecular formula is C19H26F3NO4. The van der Waals surface area contributed by atoms with Gasteiger partial charge in [0.1, 0.15) is 5.60 Å². The normalized spacial score (nSPS) is 20.6. The smallest absolute Gasteiger partial charge is 0.411 e. The van der Waals surface area contributed by atoms with Crippen LogP contribution in [-0.2, 0) is 9.47 Å². The summed E-state index contributed by atoms with van der Waals surface area (Å²) < 4.78 is 51.8. The van der Waals surface area contributed by atoms with Crippen LogP contribution in [0.4, 0.5) is 18.0 Å². The summed E-state index contributed by atoms with van der Waals surface area (Å²) in [7, 11) is 0. The number of aliphatic hydroxyl groups excluding tert-OH is 1. The summed E-state index contributed by atoms with van der Waals surface area (Å²) in [6.45, 7) is 5.44. The van der Waals surface area contributed by atoms with Crippen LogP contribution in [0, 0.1) is 17.5 Å². The van der Waals surface area contributed by atoms with Crippen LogP contribution >= 0.6 is 0 Å². The molecule has 0 radical (unpaired) electrons. The van der Waals surface area contributed by atoms with E-state index >= 15 is 0 Å². The van der Waals surface area contributed by atoms with Crippen LogP contribution in [0.1, 0.15) is 51.6 Å². The van der Waals surface area contributed by atoms with Crippen LogP contribution in [0.2, 0.25) is 0 Å². The highest BCUT2D eigenvalue weighted by Crippen LogP contribution is 2.32. The lowest BCUT2D eigenvalue weighted by atomic mass is 9.99. The number of morpholine rings is 1. The molecular weight excluding hydrogens is 363 g/mol. The average Bonchev–Trinajstić information content (AvgIpc) is 2.57. The van der Waals surface area contributed by atoms with E-state index in [1.54, 1.807) is 20.8 Å². The summed E-state index contributed by atoms with van der Waals surface area (Å²) in [4.78, 5) is 14.2. The van der Waals surface area contributed by atoms with Crippen molar-refractivity contribution in [2.24, 2.45) is 0 Å². The zero-order valence-corrected chi connectivity index (χ0v) is 15.8. The van der Waals surface area contributed by atoms with E-state index in [9.17, 15) is 18.0 Å². The van der Waals surface area contributed by atoms with Gasteiger partial charge in [-0.3, -0.25) is 4.90 Å². The number of carbonyl (C=O) groups excluding carboxylic acids is 1.